The molecule has 18 heavy (non-hydrogen) atoms. The van der Waals surface area contributed by atoms with Crippen molar-refractivity contribution in [2.45, 2.75) is 39.3 Å². The van der Waals surface area contributed by atoms with Gasteiger partial charge in [-0.1, -0.05) is 23.8 Å². The van der Waals surface area contributed by atoms with Gasteiger partial charge >= 0.3 is 0 Å². The topological polar surface area (TPSA) is 32.3 Å². The molecule has 0 aliphatic carbocycles. The van der Waals surface area contributed by atoms with E-state index in [2.05, 4.69) is 37.4 Å². The van der Waals surface area contributed by atoms with Gasteiger partial charge in [-0.2, -0.15) is 0 Å². The minimum absolute atomic E-state index is 0.0285. The minimum atomic E-state index is 0.0285. The van der Waals surface area contributed by atoms with Crippen LogP contribution in [-0.4, -0.2) is 30.4 Å². The van der Waals surface area contributed by atoms with Gasteiger partial charge in [-0.3, -0.25) is 4.79 Å². The average molecular weight is 246 g/mol. The van der Waals surface area contributed by atoms with Gasteiger partial charge in [0.25, 0.3) is 0 Å². The number of amides is 1. The van der Waals surface area contributed by atoms with Crippen LogP contribution in [0.4, 0.5) is 0 Å². The van der Waals surface area contributed by atoms with Crippen LogP contribution in [0, 0.1) is 13.8 Å². The number of rotatable bonds is 3. The van der Waals surface area contributed by atoms with E-state index in [9.17, 15) is 4.79 Å². The number of hydrogen-bond donors (Lipinski definition) is 1. The lowest BCUT2D eigenvalue weighted by atomic mass is 10.1. The fourth-order valence-electron chi connectivity index (χ4n) is 2.52. The number of hydrogen-bond acceptors (Lipinski definition) is 2. The van der Waals surface area contributed by atoms with E-state index in [1.165, 1.54) is 16.7 Å². The van der Waals surface area contributed by atoms with E-state index in [-0.39, 0.29) is 11.9 Å². The van der Waals surface area contributed by atoms with Crippen LogP contribution in [0.1, 0.15) is 29.5 Å². The van der Waals surface area contributed by atoms with Gasteiger partial charge in [-0.05, 0) is 44.4 Å². The summed E-state index contributed by atoms with van der Waals surface area (Å²) < 4.78 is 0. The SMILES string of the molecule is Cc1ccc(CN(C)C(=O)[C@H]2CCCN2)c(C)c1. The Balaban J connectivity index is 2.01. The van der Waals surface area contributed by atoms with Gasteiger partial charge < -0.3 is 10.2 Å². The first kappa shape index (κ1) is 13.1. The molecular formula is C15H22N2O. The number of likely N-dealkylation sites (N-methyl/N-ethyl adjacent to an activating group) is 1. The molecule has 98 valence electrons. The van der Waals surface area contributed by atoms with Gasteiger partial charge in [-0.15, -0.1) is 0 Å². The molecule has 0 aromatic heterocycles. The summed E-state index contributed by atoms with van der Waals surface area (Å²) in [6, 6.07) is 6.42. The molecule has 0 bridgehead atoms. The van der Waals surface area contributed by atoms with E-state index in [0.29, 0.717) is 6.54 Å². The Hall–Kier alpha value is -1.35. The largest absolute Gasteiger partial charge is 0.340 e. The maximum atomic E-state index is 12.2. The van der Waals surface area contributed by atoms with Crippen molar-refractivity contribution in [3.05, 3.63) is 34.9 Å². The summed E-state index contributed by atoms with van der Waals surface area (Å²) in [5.74, 6) is 0.215. The Labute approximate surface area is 109 Å². The Morgan fingerprint density at radius 1 is 1.44 bits per heavy atom. The summed E-state index contributed by atoms with van der Waals surface area (Å²) in [7, 11) is 1.89. The lowest BCUT2D eigenvalue weighted by molar-refractivity contribution is -0.132. The molecule has 0 unspecified atom stereocenters. The minimum Gasteiger partial charge on any atom is -0.340 e. The van der Waals surface area contributed by atoms with Gasteiger partial charge in [-0.25, -0.2) is 0 Å². The number of nitrogens with one attached hydrogen (secondary N) is 1. The zero-order valence-electron chi connectivity index (χ0n) is 11.5. The van der Waals surface area contributed by atoms with E-state index in [1.807, 2.05) is 11.9 Å². The smallest absolute Gasteiger partial charge is 0.239 e. The van der Waals surface area contributed by atoms with Crippen molar-refractivity contribution in [1.82, 2.24) is 10.2 Å². The van der Waals surface area contributed by atoms with E-state index >= 15 is 0 Å². The molecule has 3 heteroatoms. The highest BCUT2D eigenvalue weighted by molar-refractivity contribution is 5.81. The fourth-order valence-corrected chi connectivity index (χ4v) is 2.52. The third kappa shape index (κ3) is 2.91. The van der Waals surface area contributed by atoms with Crippen molar-refractivity contribution in [1.29, 1.82) is 0 Å². The fraction of sp³-hybridized carbons (Fsp3) is 0.533. The summed E-state index contributed by atoms with van der Waals surface area (Å²) in [6.45, 7) is 5.86. The molecule has 1 atom stereocenters. The van der Waals surface area contributed by atoms with Crippen LogP contribution >= 0.6 is 0 Å². The maximum absolute atomic E-state index is 12.2. The molecular weight excluding hydrogens is 224 g/mol. The van der Waals surface area contributed by atoms with Crippen molar-refractivity contribution in [3.8, 4) is 0 Å². The molecule has 1 aliphatic rings. The highest BCUT2D eigenvalue weighted by atomic mass is 16.2. The summed E-state index contributed by atoms with van der Waals surface area (Å²) in [5.41, 5.74) is 3.76. The third-order valence-electron chi connectivity index (χ3n) is 3.64. The molecule has 1 N–H and O–H groups in total. The maximum Gasteiger partial charge on any atom is 0.239 e. The van der Waals surface area contributed by atoms with Gasteiger partial charge in [0.15, 0.2) is 0 Å². The van der Waals surface area contributed by atoms with Crippen molar-refractivity contribution >= 4 is 5.91 Å². The first-order valence-corrected chi connectivity index (χ1v) is 6.62. The zero-order valence-corrected chi connectivity index (χ0v) is 11.5. The Morgan fingerprint density at radius 3 is 2.83 bits per heavy atom. The lowest BCUT2D eigenvalue weighted by Gasteiger charge is -2.22. The van der Waals surface area contributed by atoms with Crippen LogP contribution in [0.15, 0.2) is 18.2 Å². The van der Waals surface area contributed by atoms with E-state index in [1.54, 1.807) is 0 Å². The third-order valence-corrected chi connectivity index (χ3v) is 3.64. The predicted octanol–water partition coefficient (Wildman–Crippen LogP) is 2.01. The second-order valence-corrected chi connectivity index (χ2v) is 5.27. The molecule has 1 amide bonds. The van der Waals surface area contributed by atoms with Gasteiger partial charge in [0.05, 0.1) is 6.04 Å². The first-order chi connectivity index (χ1) is 8.58. The number of aryl methyl sites for hydroxylation is 2. The monoisotopic (exact) mass is 246 g/mol. The van der Waals surface area contributed by atoms with Crippen LogP contribution in [-0.2, 0) is 11.3 Å². The van der Waals surface area contributed by atoms with Crippen LogP contribution in [0.2, 0.25) is 0 Å². The molecule has 0 radical (unpaired) electrons. The Kier molecular flexibility index (Phi) is 4.02. The van der Waals surface area contributed by atoms with E-state index in [0.717, 1.165) is 19.4 Å². The quantitative estimate of drug-likeness (QED) is 0.885. The lowest BCUT2D eigenvalue weighted by Crippen LogP contribution is -2.41. The summed E-state index contributed by atoms with van der Waals surface area (Å²) in [4.78, 5) is 14.0. The van der Waals surface area contributed by atoms with Crippen LogP contribution in [0.5, 0.6) is 0 Å². The molecule has 1 aromatic carbocycles. The molecule has 1 aromatic rings. The average Bonchev–Trinajstić information content (AvgIpc) is 2.85. The van der Waals surface area contributed by atoms with Gasteiger partial charge in [0, 0.05) is 13.6 Å². The molecule has 0 saturated carbocycles. The molecule has 1 heterocycles. The van der Waals surface area contributed by atoms with Gasteiger partial charge in [0.1, 0.15) is 0 Å². The second-order valence-electron chi connectivity index (χ2n) is 5.27. The van der Waals surface area contributed by atoms with Crippen molar-refractivity contribution < 1.29 is 4.79 Å². The molecule has 0 spiro atoms. The van der Waals surface area contributed by atoms with Crippen molar-refractivity contribution in [2.24, 2.45) is 0 Å². The summed E-state index contributed by atoms with van der Waals surface area (Å²) >= 11 is 0. The first-order valence-electron chi connectivity index (χ1n) is 6.62. The highest BCUT2D eigenvalue weighted by Crippen LogP contribution is 2.14. The number of nitrogens with zero attached hydrogens (tertiary/aromatic N) is 1. The van der Waals surface area contributed by atoms with Crippen LogP contribution in [0.3, 0.4) is 0 Å². The second kappa shape index (κ2) is 5.53. The van der Waals surface area contributed by atoms with Crippen LogP contribution < -0.4 is 5.32 Å². The molecule has 1 fully saturated rings. The normalized spacial score (nSPS) is 18.9. The number of carbonyl (C=O) groups excluding carboxylic acids is 1. The van der Waals surface area contributed by atoms with E-state index in [4.69, 9.17) is 0 Å². The van der Waals surface area contributed by atoms with E-state index < -0.39 is 0 Å². The van der Waals surface area contributed by atoms with Crippen molar-refractivity contribution in [2.75, 3.05) is 13.6 Å². The Morgan fingerprint density at radius 2 is 2.22 bits per heavy atom. The molecule has 3 nitrogen and oxygen atoms in total. The van der Waals surface area contributed by atoms with Crippen molar-refractivity contribution in [3.63, 3.8) is 0 Å². The summed E-state index contributed by atoms with van der Waals surface area (Å²) in [6.07, 6.45) is 2.07. The van der Waals surface area contributed by atoms with Crippen LogP contribution in [0.25, 0.3) is 0 Å². The standard InChI is InChI=1S/C15H22N2O/c1-11-6-7-13(12(2)9-11)10-17(3)15(18)14-5-4-8-16-14/h6-7,9,14,16H,4-5,8,10H2,1-3H3/t14-/m1/s1. The molecule has 2 rings (SSSR count). The number of carbonyl (C=O) groups is 1. The van der Waals surface area contributed by atoms with Gasteiger partial charge in [0.2, 0.25) is 5.91 Å². The molecule has 1 aliphatic heterocycles. The summed E-state index contributed by atoms with van der Waals surface area (Å²) in [5, 5.41) is 3.26. The highest BCUT2D eigenvalue weighted by Gasteiger charge is 2.24. The number of benzene rings is 1. The zero-order chi connectivity index (χ0) is 13.1. The Bertz CT molecular complexity index is 436. The molecule has 1 saturated heterocycles. The predicted molar refractivity (Wildman–Crippen MR) is 73.4 cm³/mol.